The molecule has 2 aromatic rings. The summed E-state index contributed by atoms with van der Waals surface area (Å²) in [7, 11) is 0. The first-order valence-electron chi connectivity index (χ1n) is 7.20. The third kappa shape index (κ3) is 3.94. The topological polar surface area (TPSA) is 38.2 Å². The molecule has 21 heavy (non-hydrogen) atoms. The van der Waals surface area contributed by atoms with Gasteiger partial charge in [0.05, 0.1) is 18.5 Å². The second-order valence-electron chi connectivity index (χ2n) is 5.27. The second kappa shape index (κ2) is 6.89. The van der Waals surface area contributed by atoms with Gasteiger partial charge in [-0.05, 0) is 46.8 Å². The Bertz CT molecular complexity index is 571. The number of nitrogens with zero attached hydrogens (tertiary/aromatic N) is 3. The Balaban J connectivity index is 1.49. The molecule has 0 saturated carbocycles. The van der Waals surface area contributed by atoms with E-state index in [0.717, 1.165) is 42.9 Å². The van der Waals surface area contributed by atoms with Crippen molar-refractivity contribution in [3.05, 3.63) is 47.3 Å². The largest absolute Gasteiger partial charge is 0.477 e. The number of piperidine rings is 1. The molecule has 2 aromatic heterocycles. The van der Waals surface area contributed by atoms with Gasteiger partial charge in [-0.15, -0.1) is 0 Å². The van der Waals surface area contributed by atoms with Gasteiger partial charge in [-0.1, -0.05) is 6.07 Å². The zero-order valence-electron chi connectivity index (χ0n) is 11.8. The van der Waals surface area contributed by atoms with E-state index in [1.165, 1.54) is 5.69 Å². The lowest BCUT2D eigenvalue weighted by atomic mass is 9.97. The van der Waals surface area contributed by atoms with E-state index in [1.54, 1.807) is 6.20 Å². The highest BCUT2D eigenvalue weighted by Crippen LogP contribution is 2.25. The van der Waals surface area contributed by atoms with Gasteiger partial charge in [0, 0.05) is 36.0 Å². The van der Waals surface area contributed by atoms with Crippen LogP contribution in [0, 0.1) is 5.92 Å². The molecular formula is C16H18BrN3O. The van der Waals surface area contributed by atoms with E-state index in [4.69, 9.17) is 4.74 Å². The summed E-state index contributed by atoms with van der Waals surface area (Å²) in [5, 5.41) is 0. The first-order chi connectivity index (χ1) is 10.3. The van der Waals surface area contributed by atoms with E-state index in [9.17, 15) is 0 Å². The van der Waals surface area contributed by atoms with Gasteiger partial charge in [-0.25, -0.2) is 4.98 Å². The first-order valence-corrected chi connectivity index (χ1v) is 8.00. The van der Waals surface area contributed by atoms with Gasteiger partial charge >= 0.3 is 0 Å². The second-order valence-corrected chi connectivity index (χ2v) is 6.19. The van der Waals surface area contributed by atoms with E-state index < -0.39 is 0 Å². The first kappa shape index (κ1) is 14.3. The molecule has 0 aromatic carbocycles. The number of hydrogen-bond acceptors (Lipinski definition) is 4. The Kier molecular flexibility index (Phi) is 4.70. The van der Waals surface area contributed by atoms with Crippen LogP contribution in [0.5, 0.6) is 5.88 Å². The minimum Gasteiger partial charge on any atom is -0.477 e. The fourth-order valence-corrected chi connectivity index (χ4v) is 2.92. The van der Waals surface area contributed by atoms with Crippen LogP contribution in [-0.4, -0.2) is 29.7 Å². The molecule has 4 nitrogen and oxygen atoms in total. The maximum Gasteiger partial charge on any atom is 0.213 e. The van der Waals surface area contributed by atoms with E-state index in [2.05, 4.69) is 36.9 Å². The van der Waals surface area contributed by atoms with E-state index >= 15 is 0 Å². The van der Waals surface area contributed by atoms with Crippen LogP contribution in [0.1, 0.15) is 12.8 Å². The molecule has 110 valence electrons. The highest BCUT2D eigenvalue weighted by Gasteiger charge is 2.20. The number of hydrogen-bond donors (Lipinski definition) is 0. The van der Waals surface area contributed by atoms with Gasteiger partial charge in [0.2, 0.25) is 5.88 Å². The molecule has 0 amide bonds. The Labute approximate surface area is 133 Å². The van der Waals surface area contributed by atoms with Gasteiger partial charge < -0.3 is 9.64 Å². The summed E-state index contributed by atoms with van der Waals surface area (Å²) in [6.45, 7) is 2.85. The third-order valence-electron chi connectivity index (χ3n) is 3.77. The average molecular weight is 348 g/mol. The number of rotatable bonds is 4. The molecular weight excluding hydrogens is 330 g/mol. The monoisotopic (exact) mass is 347 g/mol. The molecule has 1 aliphatic rings. The lowest BCUT2D eigenvalue weighted by molar-refractivity contribution is 0.216. The smallest absolute Gasteiger partial charge is 0.213 e. The number of aromatic nitrogens is 2. The van der Waals surface area contributed by atoms with Gasteiger partial charge in [-0.3, -0.25) is 4.98 Å². The predicted octanol–water partition coefficient (Wildman–Crippen LogP) is 3.53. The van der Waals surface area contributed by atoms with Crippen LogP contribution < -0.4 is 9.64 Å². The van der Waals surface area contributed by atoms with Crippen molar-refractivity contribution in [2.45, 2.75) is 12.8 Å². The van der Waals surface area contributed by atoms with Gasteiger partial charge in [-0.2, -0.15) is 0 Å². The summed E-state index contributed by atoms with van der Waals surface area (Å²) >= 11 is 3.48. The summed E-state index contributed by atoms with van der Waals surface area (Å²) in [5.41, 5.74) is 1.19. The molecule has 0 bridgehead atoms. The lowest BCUT2D eigenvalue weighted by Gasteiger charge is -2.33. The Morgan fingerprint density at radius 3 is 2.81 bits per heavy atom. The molecule has 3 heterocycles. The molecule has 1 aliphatic heterocycles. The fourth-order valence-electron chi connectivity index (χ4n) is 2.57. The van der Waals surface area contributed by atoms with Crippen molar-refractivity contribution in [3.63, 3.8) is 0 Å². The highest BCUT2D eigenvalue weighted by atomic mass is 79.9. The van der Waals surface area contributed by atoms with Crippen molar-refractivity contribution in [1.82, 2.24) is 9.97 Å². The minimum atomic E-state index is 0.600. The Hall–Kier alpha value is -1.62. The summed E-state index contributed by atoms with van der Waals surface area (Å²) < 4.78 is 6.78. The van der Waals surface area contributed by atoms with Gasteiger partial charge in [0.15, 0.2) is 0 Å². The number of halogens is 1. The van der Waals surface area contributed by atoms with E-state index in [1.807, 2.05) is 30.6 Å². The maximum absolute atomic E-state index is 5.76. The van der Waals surface area contributed by atoms with Crippen LogP contribution in [0.15, 0.2) is 47.3 Å². The Morgan fingerprint density at radius 2 is 2.10 bits per heavy atom. The summed E-state index contributed by atoms with van der Waals surface area (Å²) in [6, 6.07) is 7.88. The van der Waals surface area contributed by atoms with Crippen LogP contribution in [-0.2, 0) is 0 Å². The molecule has 0 aliphatic carbocycles. The van der Waals surface area contributed by atoms with Crippen LogP contribution in [0.4, 0.5) is 5.69 Å². The zero-order valence-corrected chi connectivity index (χ0v) is 13.4. The standard InChI is InChI=1S/C16H18BrN3O/c17-14-9-15(11-18-10-14)20-7-4-13(5-8-20)12-21-16-3-1-2-6-19-16/h1-3,6,9-11,13H,4-5,7-8,12H2. The van der Waals surface area contributed by atoms with Crippen molar-refractivity contribution in [3.8, 4) is 5.88 Å². The molecule has 3 rings (SSSR count). The SMILES string of the molecule is Brc1cncc(N2CCC(COc3ccccn3)CC2)c1. The Morgan fingerprint density at radius 1 is 1.24 bits per heavy atom. The van der Waals surface area contributed by atoms with Crippen LogP contribution in [0.2, 0.25) is 0 Å². The summed E-state index contributed by atoms with van der Waals surface area (Å²) in [4.78, 5) is 10.8. The quantitative estimate of drug-likeness (QED) is 0.847. The van der Waals surface area contributed by atoms with Crippen LogP contribution in [0.3, 0.4) is 0 Å². The molecule has 0 atom stereocenters. The van der Waals surface area contributed by atoms with Crippen molar-refractivity contribution in [2.75, 3.05) is 24.6 Å². The number of pyridine rings is 2. The average Bonchev–Trinajstić information content (AvgIpc) is 2.54. The lowest BCUT2D eigenvalue weighted by Crippen LogP contribution is -2.35. The highest BCUT2D eigenvalue weighted by molar-refractivity contribution is 9.10. The van der Waals surface area contributed by atoms with Crippen molar-refractivity contribution >= 4 is 21.6 Å². The van der Waals surface area contributed by atoms with Crippen molar-refractivity contribution in [2.24, 2.45) is 5.92 Å². The third-order valence-corrected chi connectivity index (χ3v) is 4.21. The molecule has 0 radical (unpaired) electrons. The van der Waals surface area contributed by atoms with Crippen LogP contribution >= 0.6 is 15.9 Å². The minimum absolute atomic E-state index is 0.600. The molecule has 1 fully saturated rings. The van der Waals surface area contributed by atoms with Crippen molar-refractivity contribution < 1.29 is 4.74 Å². The number of anilines is 1. The summed E-state index contributed by atoms with van der Waals surface area (Å²) in [6.07, 6.45) is 7.78. The molecule has 0 N–H and O–H groups in total. The van der Waals surface area contributed by atoms with E-state index in [-0.39, 0.29) is 0 Å². The van der Waals surface area contributed by atoms with Gasteiger partial charge in [0.1, 0.15) is 0 Å². The maximum atomic E-state index is 5.76. The van der Waals surface area contributed by atoms with E-state index in [0.29, 0.717) is 5.92 Å². The predicted molar refractivity (Wildman–Crippen MR) is 86.6 cm³/mol. The molecule has 0 unspecified atom stereocenters. The van der Waals surface area contributed by atoms with Crippen molar-refractivity contribution in [1.29, 1.82) is 0 Å². The normalized spacial score (nSPS) is 16.0. The van der Waals surface area contributed by atoms with Gasteiger partial charge in [0.25, 0.3) is 0 Å². The number of ether oxygens (including phenoxy) is 1. The molecule has 5 heteroatoms. The molecule has 0 spiro atoms. The molecule has 1 saturated heterocycles. The fraction of sp³-hybridized carbons (Fsp3) is 0.375. The summed E-state index contributed by atoms with van der Waals surface area (Å²) in [5.74, 6) is 1.32. The van der Waals surface area contributed by atoms with Crippen LogP contribution in [0.25, 0.3) is 0 Å². The zero-order chi connectivity index (χ0) is 14.5.